The summed E-state index contributed by atoms with van der Waals surface area (Å²) in [6, 6.07) is 11.3. The average molecular weight is 545 g/mol. The molecule has 0 aliphatic heterocycles. The van der Waals surface area contributed by atoms with Gasteiger partial charge in [0.1, 0.15) is 0 Å². The Hall–Kier alpha value is -2.16. The maximum absolute atomic E-state index is 4.67. The number of thioether (sulfide) groups is 1. The molecule has 0 nitrogen and oxygen atoms in total. The zero-order valence-corrected chi connectivity index (χ0v) is 26.0. The van der Waals surface area contributed by atoms with E-state index in [9.17, 15) is 0 Å². The van der Waals surface area contributed by atoms with Gasteiger partial charge in [-0.25, -0.2) is 0 Å². The summed E-state index contributed by atoms with van der Waals surface area (Å²) in [6.07, 6.45) is 22.5. The maximum Gasteiger partial charge on any atom is 0.0147 e. The highest BCUT2D eigenvalue weighted by Crippen LogP contribution is 2.34. The molecular formula is C36H48S2. The Labute approximate surface area is 243 Å². The van der Waals surface area contributed by atoms with Crippen molar-refractivity contribution in [2.24, 2.45) is 0 Å². The smallest absolute Gasteiger partial charge is 0.0147 e. The summed E-state index contributed by atoms with van der Waals surface area (Å²) < 4.78 is 0. The predicted molar refractivity (Wildman–Crippen MR) is 180 cm³/mol. The molecule has 2 heteroatoms. The van der Waals surface area contributed by atoms with Crippen molar-refractivity contribution in [3.63, 3.8) is 0 Å². The van der Waals surface area contributed by atoms with Crippen LogP contribution >= 0.6 is 24.4 Å². The molecule has 0 unspecified atom stereocenters. The molecule has 0 radical (unpaired) electrons. The fourth-order valence-corrected chi connectivity index (χ4v) is 5.56. The molecule has 0 aliphatic rings. The highest BCUT2D eigenvalue weighted by atomic mass is 32.2. The van der Waals surface area contributed by atoms with E-state index in [0.29, 0.717) is 0 Å². The predicted octanol–water partition coefficient (Wildman–Crippen LogP) is 12.0. The van der Waals surface area contributed by atoms with Gasteiger partial charge in [-0.2, -0.15) is 0 Å². The van der Waals surface area contributed by atoms with Gasteiger partial charge in [0.05, 0.1) is 0 Å². The molecule has 0 atom stereocenters. The molecule has 204 valence electrons. The van der Waals surface area contributed by atoms with E-state index in [4.69, 9.17) is 0 Å². The van der Waals surface area contributed by atoms with Crippen molar-refractivity contribution in [3.05, 3.63) is 113 Å². The van der Waals surface area contributed by atoms with Crippen molar-refractivity contribution in [3.8, 4) is 0 Å². The van der Waals surface area contributed by atoms with Gasteiger partial charge in [-0.15, -0.1) is 24.4 Å². The molecule has 0 spiro atoms. The zero-order valence-electron chi connectivity index (χ0n) is 24.2. The first kappa shape index (κ1) is 32.1. The molecule has 0 amide bonds. The quantitative estimate of drug-likeness (QED) is 0.117. The average Bonchev–Trinajstić information content (AvgIpc) is 2.90. The second-order valence-electron chi connectivity index (χ2n) is 10.3. The van der Waals surface area contributed by atoms with Crippen LogP contribution in [0.25, 0.3) is 15.7 Å². The van der Waals surface area contributed by atoms with Gasteiger partial charge >= 0.3 is 0 Å². The van der Waals surface area contributed by atoms with Gasteiger partial charge in [-0.1, -0.05) is 119 Å². The van der Waals surface area contributed by atoms with Crippen LogP contribution in [0, 0.1) is 6.92 Å². The van der Waals surface area contributed by atoms with Crippen LogP contribution in [0.4, 0.5) is 0 Å². The third-order valence-corrected chi connectivity index (χ3v) is 8.17. The summed E-state index contributed by atoms with van der Waals surface area (Å²) in [5, 5.41) is 2.60. The zero-order chi connectivity index (χ0) is 27.9. The first-order valence-electron chi connectivity index (χ1n) is 14.2. The van der Waals surface area contributed by atoms with Crippen molar-refractivity contribution in [2.45, 2.75) is 85.0 Å². The number of rotatable bonds is 17. The highest BCUT2D eigenvalue weighted by molar-refractivity contribution is 8.07. The van der Waals surface area contributed by atoms with Gasteiger partial charge in [0.25, 0.3) is 0 Å². The van der Waals surface area contributed by atoms with Gasteiger partial charge < -0.3 is 0 Å². The second-order valence-corrected chi connectivity index (χ2v) is 11.6. The first-order chi connectivity index (χ1) is 18.3. The minimum atomic E-state index is 0.858. The lowest BCUT2D eigenvalue weighted by molar-refractivity contribution is 0.668. The van der Waals surface area contributed by atoms with E-state index in [1.807, 2.05) is 11.8 Å². The number of hydrogen-bond acceptors (Lipinski definition) is 2. The first-order valence-corrected chi connectivity index (χ1v) is 15.9. The molecule has 0 saturated carbocycles. The summed E-state index contributed by atoms with van der Waals surface area (Å²) in [7, 11) is 0. The lowest BCUT2D eigenvalue weighted by atomic mass is 9.96. The molecule has 0 aliphatic carbocycles. The fraction of sp³-hybridized carbons (Fsp3) is 0.389. The van der Waals surface area contributed by atoms with Crippen molar-refractivity contribution in [2.75, 3.05) is 6.26 Å². The summed E-state index contributed by atoms with van der Waals surface area (Å²) in [5.41, 5.74) is 7.21. The minimum absolute atomic E-state index is 0.858. The monoisotopic (exact) mass is 544 g/mol. The number of hydrogen-bond donors (Lipinski definition) is 1. The van der Waals surface area contributed by atoms with Crippen molar-refractivity contribution >= 4 is 40.1 Å². The van der Waals surface area contributed by atoms with Crippen LogP contribution in [0.15, 0.2) is 96.0 Å². The second kappa shape index (κ2) is 17.4. The molecule has 0 N–H and O–H groups in total. The molecular weight excluding hydrogens is 497 g/mol. The Bertz CT molecular complexity index is 1190. The normalized spacial score (nSPS) is 12.4. The summed E-state index contributed by atoms with van der Waals surface area (Å²) in [6.45, 7) is 19.5. The molecule has 2 aromatic carbocycles. The Morgan fingerprint density at radius 2 is 1.50 bits per heavy atom. The van der Waals surface area contributed by atoms with E-state index in [0.717, 1.165) is 35.3 Å². The summed E-state index contributed by atoms with van der Waals surface area (Å²) in [4.78, 5) is 2.20. The Balaban J connectivity index is 2.12. The van der Waals surface area contributed by atoms with Gasteiger partial charge in [-0.05, 0) is 90.5 Å². The molecule has 2 rings (SSSR count). The molecule has 0 saturated heterocycles. The fourth-order valence-electron chi connectivity index (χ4n) is 4.58. The van der Waals surface area contributed by atoms with Crippen molar-refractivity contribution in [1.29, 1.82) is 0 Å². The standard InChI is InChI=1S/C36H48S2/c1-8-10-12-14-17-27(3)24-35(37)29(5)18-15-19-31-20-21-32-22-23-33(30(6)34(32)26-31)36(38-7)25-28(4)16-13-11-9-2/h15,18,20-26,37H,3-5,8-14,16-17,19H2,1-2,6-7H3/b18-15?,35-24-,36-25-. The molecule has 0 heterocycles. The summed E-state index contributed by atoms with van der Waals surface area (Å²) in [5.74, 6) is 0. The molecule has 0 bridgehead atoms. The molecule has 38 heavy (non-hydrogen) atoms. The van der Waals surface area contributed by atoms with E-state index >= 15 is 0 Å². The molecule has 2 aromatic rings. The van der Waals surface area contributed by atoms with Crippen LogP contribution in [-0.4, -0.2) is 6.26 Å². The van der Waals surface area contributed by atoms with Gasteiger partial charge in [-0.3, -0.25) is 0 Å². The van der Waals surface area contributed by atoms with Gasteiger partial charge in [0, 0.05) is 9.81 Å². The van der Waals surface area contributed by atoms with E-state index in [-0.39, 0.29) is 0 Å². The number of aryl methyl sites for hydroxylation is 1. The van der Waals surface area contributed by atoms with E-state index < -0.39 is 0 Å². The lowest BCUT2D eigenvalue weighted by Gasteiger charge is -2.13. The Morgan fingerprint density at radius 1 is 0.868 bits per heavy atom. The minimum Gasteiger partial charge on any atom is -0.143 e. The Kier molecular flexibility index (Phi) is 14.7. The topological polar surface area (TPSA) is 0 Å². The maximum atomic E-state index is 4.67. The van der Waals surface area contributed by atoms with Crippen LogP contribution in [0.1, 0.15) is 88.3 Å². The Morgan fingerprint density at radius 3 is 2.18 bits per heavy atom. The van der Waals surface area contributed by atoms with Crippen LogP contribution in [0.3, 0.4) is 0 Å². The number of allylic oxidation sites excluding steroid dienone is 7. The largest absolute Gasteiger partial charge is 0.143 e. The number of benzene rings is 2. The number of fused-ring (bicyclic) bond motifs is 1. The van der Waals surface area contributed by atoms with Crippen LogP contribution < -0.4 is 0 Å². The van der Waals surface area contributed by atoms with E-state index in [1.165, 1.54) is 82.9 Å². The highest BCUT2D eigenvalue weighted by Gasteiger charge is 2.09. The third-order valence-electron chi connectivity index (χ3n) is 6.97. The van der Waals surface area contributed by atoms with Crippen LogP contribution in [-0.2, 0) is 6.42 Å². The number of thiol groups is 1. The van der Waals surface area contributed by atoms with Crippen molar-refractivity contribution < 1.29 is 0 Å². The summed E-state index contributed by atoms with van der Waals surface area (Å²) >= 11 is 6.48. The molecule has 0 fully saturated rings. The molecule has 0 aromatic heterocycles. The van der Waals surface area contributed by atoms with Crippen LogP contribution in [0.2, 0.25) is 0 Å². The SMILES string of the molecule is C=C(/C=C(\SC)c1ccc2ccc(CC=CC(=C)/C(S)=C/C(=C)CCCCCC)cc2c1C)CCCCC. The van der Waals surface area contributed by atoms with E-state index in [2.05, 4.69) is 114 Å². The van der Waals surface area contributed by atoms with E-state index in [1.54, 1.807) is 0 Å². The van der Waals surface area contributed by atoms with Crippen LogP contribution in [0.5, 0.6) is 0 Å². The van der Waals surface area contributed by atoms with Crippen molar-refractivity contribution in [1.82, 2.24) is 0 Å². The third kappa shape index (κ3) is 10.5. The lowest BCUT2D eigenvalue weighted by Crippen LogP contribution is -1.91. The van der Waals surface area contributed by atoms with Gasteiger partial charge in [0.15, 0.2) is 0 Å². The number of unbranched alkanes of at least 4 members (excludes halogenated alkanes) is 5. The van der Waals surface area contributed by atoms with Gasteiger partial charge in [0.2, 0.25) is 0 Å².